The van der Waals surface area contributed by atoms with Gasteiger partial charge in [-0.3, -0.25) is 4.79 Å². The summed E-state index contributed by atoms with van der Waals surface area (Å²) in [5.74, 6) is -0.765. The van der Waals surface area contributed by atoms with Crippen molar-refractivity contribution in [2.24, 2.45) is 0 Å². The summed E-state index contributed by atoms with van der Waals surface area (Å²) in [6.45, 7) is 4.08. The third-order valence-electron chi connectivity index (χ3n) is 4.19. The second-order valence-electron chi connectivity index (χ2n) is 6.27. The van der Waals surface area contributed by atoms with Gasteiger partial charge in [0.25, 0.3) is 5.91 Å². The molecule has 3 rings (SSSR count). The quantitative estimate of drug-likeness (QED) is 0.584. The number of halogens is 1. The predicted octanol–water partition coefficient (Wildman–Crippen LogP) is 4.30. The highest BCUT2D eigenvalue weighted by Crippen LogP contribution is 2.19. The molecule has 1 aromatic heterocycles. The van der Waals surface area contributed by atoms with Gasteiger partial charge in [0.1, 0.15) is 0 Å². The molecule has 0 saturated heterocycles. The Balaban J connectivity index is 1.82. The average Bonchev–Trinajstić information content (AvgIpc) is 3.13. The Labute approximate surface area is 173 Å². The molecular formula is C21H21ClN4O3. The molecule has 0 spiro atoms. The Morgan fingerprint density at radius 2 is 1.76 bits per heavy atom. The highest BCUT2D eigenvalue weighted by Gasteiger charge is 2.20. The van der Waals surface area contributed by atoms with Crippen molar-refractivity contribution in [3.05, 3.63) is 70.5 Å². The van der Waals surface area contributed by atoms with Crippen LogP contribution in [-0.4, -0.2) is 33.5 Å². The maximum absolute atomic E-state index is 12.8. The number of nitrogens with one attached hydrogen (secondary N) is 1. The van der Waals surface area contributed by atoms with Crippen molar-refractivity contribution in [1.82, 2.24) is 15.0 Å². The number of aromatic nitrogens is 3. The predicted molar refractivity (Wildman–Crippen MR) is 111 cm³/mol. The van der Waals surface area contributed by atoms with Gasteiger partial charge in [0.15, 0.2) is 5.69 Å². The molecule has 0 saturated carbocycles. The smallest absolute Gasteiger partial charge is 0.338 e. The van der Waals surface area contributed by atoms with Gasteiger partial charge in [-0.25, -0.2) is 9.48 Å². The average molecular weight is 413 g/mol. The third-order valence-corrected chi connectivity index (χ3v) is 4.44. The molecule has 1 N–H and O–H groups in total. The Morgan fingerprint density at radius 3 is 2.38 bits per heavy atom. The fraction of sp³-hybridized carbons (Fsp3) is 0.238. The molecule has 2 aromatic carbocycles. The minimum Gasteiger partial charge on any atom is -0.462 e. The number of amides is 1. The molecule has 0 aliphatic rings. The van der Waals surface area contributed by atoms with E-state index in [2.05, 4.69) is 15.6 Å². The van der Waals surface area contributed by atoms with Crippen LogP contribution in [-0.2, 0) is 11.2 Å². The van der Waals surface area contributed by atoms with E-state index < -0.39 is 5.97 Å². The fourth-order valence-electron chi connectivity index (χ4n) is 2.82. The van der Waals surface area contributed by atoms with Gasteiger partial charge < -0.3 is 10.1 Å². The van der Waals surface area contributed by atoms with Crippen molar-refractivity contribution in [3.63, 3.8) is 0 Å². The second-order valence-corrected chi connectivity index (χ2v) is 6.71. The number of ether oxygens (including phenoxy) is 1. The number of hydrogen-bond acceptors (Lipinski definition) is 5. The van der Waals surface area contributed by atoms with Gasteiger partial charge >= 0.3 is 5.97 Å². The van der Waals surface area contributed by atoms with E-state index in [1.165, 1.54) is 0 Å². The Bertz CT molecular complexity index is 998. The SMILES string of the molecule is CCCc1c(C(=O)Nc2ccc(C(=O)OCC)cc2)nnn1-c1ccc(Cl)cc1. The van der Waals surface area contributed by atoms with Gasteiger partial charge in [0, 0.05) is 10.7 Å². The molecule has 29 heavy (non-hydrogen) atoms. The first-order valence-corrected chi connectivity index (χ1v) is 9.70. The summed E-state index contributed by atoms with van der Waals surface area (Å²) >= 11 is 5.96. The monoisotopic (exact) mass is 412 g/mol. The van der Waals surface area contributed by atoms with Crippen LogP contribution in [0, 0.1) is 0 Å². The van der Waals surface area contributed by atoms with Crippen LogP contribution < -0.4 is 5.32 Å². The second kappa shape index (κ2) is 9.34. The molecule has 1 amide bonds. The minimum absolute atomic E-state index is 0.260. The minimum atomic E-state index is -0.401. The largest absolute Gasteiger partial charge is 0.462 e. The summed E-state index contributed by atoms with van der Waals surface area (Å²) in [5, 5.41) is 11.7. The summed E-state index contributed by atoms with van der Waals surface area (Å²) in [6.07, 6.45) is 1.47. The van der Waals surface area contributed by atoms with Gasteiger partial charge in [-0.15, -0.1) is 5.10 Å². The summed E-state index contributed by atoms with van der Waals surface area (Å²) < 4.78 is 6.61. The molecular weight excluding hydrogens is 392 g/mol. The van der Waals surface area contributed by atoms with Crippen LogP contribution in [0.15, 0.2) is 48.5 Å². The van der Waals surface area contributed by atoms with E-state index in [4.69, 9.17) is 16.3 Å². The van der Waals surface area contributed by atoms with E-state index in [0.717, 1.165) is 17.8 Å². The zero-order valence-electron chi connectivity index (χ0n) is 16.2. The number of benzene rings is 2. The zero-order chi connectivity index (χ0) is 20.8. The van der Waals surface area contributed by atoms with Crippen molar-refractivity contribution >= 4 is 29.2 Å². The van der Waals surface area contributed by atoms with Crippen LogP contribution in [0.2, 0.25) is 5.02 Å². The summed E-state index contributed by atoms with van der Waals surface area (Å²) in [6, 6.07) is 13.7. The first-order valence-electron chi connectivity index (χ1n) is 9.32. The summed E-state index contributed by atoms with van der Waals surface area (Å²) in [5.41, 5.74) is 2.73. The topological polar surface area (TPSA) is 86.1 Å². The van der Waals surface area contributed by atoms with Crippen molar-refractivity contribution in [2.45, 2.75) is 26.7 Å². The van der Waals surface area contributed by atoms with Gasteiger partial charge in [0.2, 0.25) is 0 Å². The lowest BCUT2D eigenvalue weighted by Crippen LogP contribution is -2.15. The van der Waals surface area contributed by atoms with Crippen molar-refractivity contribution in [2.75, 3.05) is 11.9 Å². The lowest BCUT2D eigenvalue weighted by Gasteiger charge is -2.08. The molecule has 0 unspecified atom stereocenters. The lowest BCUT2D eigenvalue weighted by atomic mass is 10.1. The van der Waals surface area contributed by atoms with Crippen LogP contribution in [0.4, 0.5) is 5.69 Å². The van der Waals surface area contributed by atoms with E-state index >= 15 is 0 Å². The first kappa shape index (κ1) is 20.5. The van der Waals surface area contributed by atoms with Crippen LogP contribution in [0.3, 0.4) is 0 Å². The lowest BCUT2D eigenvalue weighted by molar-refractivity contribution is 0.0526. The molecule has 0 radical (unpaired) electrons. The number of esters is 1. The molecule has 0 atom stereocenters. The van der Waals surface area contributed by atoms with Crippen LogP contribution in [0.1, 0.15) is 46.8 Å². The van der Waals surface area contributed by atoms with E-state index in [-0.39, 0.29) is 11.6 Å². The number of carbonyl (C=O) groups is 2. The van der Waals surface area contributed by atoms with E-state index in [1.807, 2.05) is 19.1 Å². The maximum atomic E-state index is 12.8. The summed E-state index contributed by atoms with van der Waals surface area (Å²) in [4.78, 5) is 24.5. The van der Waals surface area contributed by atoms with E-state index in [0.29, 0.717) is 29.3 Å². The van der Waals surface area contributed by atoms with E-state index in [9.17, 15) is 9.59 Å². The molecule has 150 valence electrons. The standard InChI is InChI=1S/C21H21ClN4O3/c1-3-5-18-19(24-25-26(18)17-12-8-15(22)9-13-17)20(27)23-16-10-6-14(7-11-16)21(28)29-4-2/h6-13H,3-5H2,1-2H3,(H,23,27). The van der Waals surface area contributed by atoms with Gasteiger partial charge in [-0.2, -0.15) is 0 Å². The third kappa shape index (κ3) is 4.81. The molecule has 0 fully saturated rings. The number of nitrogens with zero attached hydrogens (tertiary/aromatic N) is 3. The molecule has 3 aromatic rings. The van der Waals surface area contributed by atoms with Crippen molar-refractivity contribution in [3.8, 4) is 5.69 Å². The number of rotatable bonds is 7. The Kier molecular flexibility index (Phi) is 6.61. The normalized spacial score (nSPS) is 10.6. The van der Waals surface area contributed by atoms with Crippen molar-refractivity contribution in [1.29, 1.82) is 0 Å². The van der Waals surface area contributed by atoms with Gasteiger partial charge in [-0.1, -0.05) is 30.2 Å². The van der Waals surface area contributed by atoms with E-state index in [1.54, 1.807) is 48.0 Å². The molecule has 0 aliphatic heterocycles. The van der Waals surface area contributed by atoms with Gasteiger partial charge in [0.05, 0.1) is 23.6 Å². The highest BCUT2D eigenvalue weighted by molar-refractivity contribution is 6.30. The molecule has 0 bridgehead atoms. The fourth-order valence-corrected chi connectivity index (χ4v) is 2.95. The number of anilines is 1. The number of carbonyl (C=O) groups excluding carboxylic acids is 2. The molecule has 7 nitrogen and oxygen atoms in total. The number of hydrogen-bond donors (Lipinski definition) is 1. The highest BCUT2D eigenvalue weighted by atomic mass is 35.5. The molecule has 0 aliphatic carbocycles. The van der Waals surface area contributed by atoms with Crippen LogP contribution in [0.5, 0.6) is 0 Å². The Morgan fingerprint density at radius 1 is 1.07 bits per heavy atom. The molecule has 1 heterocycles. The zero-order valence-corrected chi connectivity index (χ0v) is 16.9. The molecule has 8 heteroatoms. The van der Waals surface area contributed by atoms with Gasteiger partial charge in [-0.05, 0) is 61.9 Å². The maximum Gasteiger partial charge on any atom is 0.338 e. The summed E-state index contributed by atoms with van der Waals surface area (Å²) in [7, 11) is 0. The van der Waals surface area contributed by atoms with Crippen LogP contribution in [0.25, 0.3) is 5.69 Å². The Hall–Kier alpha value is -3.19. The van der Waals surface area contributed by atoms with Crippen LogP contribution >= 0.6 is 11.6 Å². The first-order chi connectivity index (χ1) is 14.0. The van der Waals surface area contributed by atoms with Crippen molar-refractivity contribution < 1.29 is 14.3 Å².